The van der Waals surface area contributed by atoms with E-state index in [0.717, 1.165) is 32.3 Å². The Balaban J connectivity index is 1.84. The Morgan fingerprint density at radius 2 is 1.88 bits per heavy atom. The molecule has 1 rings (SSSR count). The number of unbranched alkanes of at least 4 members (excludes halogenated alkanes) is 4. The monoisotopic (exact) mass is 242 g/mol. The fourth-order valence-electron chi connectivity index (χ4n) is 2.58. The Kier molecular flexibility index (Phi) is 8.72. The number of rotatable bonds is 10. The minimum Gasteiger partial charge on any atom is -0.393 e. The summed E-state index contributed by atoms with van der Waals surface area (Å²) in [6, 6.07) is 0. The number of hydrogen-bond donors (Lipinski definition) is 1. The Morgan fingerprint density at radius 3 is 2.59 bits per heavy atom. The van der Waals surface area contributed by atoms with Gasteiger partial charge in [-0.15, -0.1) is 0 Å². The van der Waals surface area contributed by atoms with Crippen LogP contribution in [0.1, 0.15) is 77.6 Å². The van der Waals surface area contributed by atoms with Crippen molar-refractivity contribution in [1.82, 2.24) is 0 Å². The van der Waals surface area contributed by atoms with E-state index < -0.39 is 0 Å². The Labute approximate surface area is 107 Å². The molecule has 1 fully saturated rings. The summed E-state index contributed by atoms with van der Waals surface area (Å²) in [5, 5.41) is 9.84. The second-order valence-electron chi connectivity index (χ2n) is 5.42. The predicted octanol–water partition coefficient (Wildman–Crippen LogP) is 4.06. The van der Waals surface area contributed by atoms with Gasteiger partial charge in [0.2, 0.25) is 0 Å². The first kappa shape index (κ1) is 15.0. The predicted molar refractivity (Wildman–Crippen MR) is 72.2 cm³/mol. The smallest absolute Gasteiger partial charge is 0.0576 e. The molecule has 17 heavy (non-hydrogen) atoms. The third-order valence-corrected chi connectivity index (χ3v) is 3.73. The molecule has 0 bridgehead atoms. The highest BCUT2D eigenvalue weighted by Gasteiger charge is 2.15. The maximum atomic E-state index is 9.84. The molecule has 2 atom stereocenters. The maximum Gasteiger partial charge on any atom is 0.0576 e. The van der Waals surface area contributed by atoms with E-state index in [2.05, 4.69) is 6.92 Å². The van der Waals surface area contributed by atoms with E-state index in [4.69, 9.17) is 4.74 Å². The van der Waals surface area contributed by atoms with Gasteiger partial charge >= 0.3 is 0 Å². The molecule has 2 unspecified atom stereocenters. The normalized spacial score (nSPS) is 21.9. The summed E-state index contributed by atoms with van der Waals surface area (Å²) in [6.45, 7) is 3.19. The molecule has 0 amide bonds. The maximum absolute atomic E-state index is 9.84. The van der Waals surface area contributed by atoms with Crippen molar-refractivity contribution in [2.24, 2.45) is 0 Å². The summed E-state index contributed by atoms with van der Waals surface area (Å²) in [7, 11) is 0. The highest BCUT2D eigenvalue weighted by molar-refractivity contribution is 4.66. The quantitative estimate of drug-likeness (QED) is 0.585. The molecular formula is C15H30O2. The minimum atomic E-state index is -0.0713. The van der Waals surface area contributed by atoms with Crippen molar-refractivity contribution in [1.29, 1.82) is 0 Å². The molecule has 2 nitrogen and oxygen atoms in total. The number of ether oxygens (including phenoxy) is 1. The van der Waals surface area contributed by atoms with E-state index in [0.29, 0.717) is 6.10 Å². The first-order valence-corrected chi connectivity index (χ1v) is 7.62. The molecule has 0 aliphatic carbocycles. The topological polar surface area (TPSA) is 29.5 Å². The third kappa shape index (κ3) is 7.77. The Bertz CT molecular complexity index is 164. The average molecular weight is 242 g/mol. The van der Waals surface area contributed by atoms with Gasteiger partial charge in [-0.1, -0.05) is 39.0 Å². The highest BCUT2D eigenvalue weighted by Crippen LogP contribution is 2.19. The summed E-state index contributed by atoms with van der Waals surface area (Å²) in [4.78, 5) is 0. The summed E-state index contributed by atoms with van der Waals surface area (Å²) < 4.78 is 5.58. The molecule has 0 aromatic heterocycles. The molecule has 0 aromatic rings. The van der Waals surface area contributed by atoms with Gasteiger partial charge in [-0.05, 0) is 38.5 Å². The zero-order valence-electron chi connectivity index (χ0n) is 11.5. The van der Waals surface area contributed by atoms with Gasteiger partial charge in [-0.2, -0.15) is 0 Å². The van der Waals surface area contributed by atoms with Crippen molar-refractivity contribution in [3.05, 3.63) is 0 Å². The number of aliphatic hydroxyl groups is 1. The molecule has 0 saturated carbocycles. The number of hydrogen-bond acceptors (Lipinski definition) is 2. The van der Waals surface area contributed by atoms with E-state index in [1.807, 2.05) is 0 Å². The van der Waals surface area contributed by atoms with Crippen LogP contribution < -0.4 is 0 Å². The van der Waals surface area contributed by atoms with Gasteiger partial charge in [0.1, 0.15) is 0 Å². The lowest BCUT2D eigenvalue weighted by atomic mass is 10.0. The van der Waals surface area contributed by atoms with Crippen LogP contribution in [0.5, 0.6) is 0 Å². The third-order valence-electron chi connectivity index (χ3n) is 3.73. The van der Waals surface area contributed by atoms with Crippen LogP contribution in [0.25, 0.3) is 0 Å². The van der Waals surface area contributed by atoms with Gasteiger partial charge < -0.3 is 9.84 Å². The van der Waals surface area contributed by atoms with Crippen LogP contribution in [-0.2, 0) is 4.74 Å². The van der Waals surface area contributed by atoms with Crippen LogP contribution in [0.15, 0.2) is 0 Å². The van der Waals surface area contributed by atoms with Crippen LogP contribution in [0.3, 0.4) is 0 Å². The minimum absolute atomic E-state index is 0.0713. The van der Waals surface area contributed by atoms with Crippen molar-refractivity contribution < 1.29 is 9.84 Å². The standard InChI is InChI=1S/C15H30O2/c1-2-3-4-5-6-9-14(16)10-7-11-15-12-8-13-17-15/h14-16H,2-13H2,1H3. The summed E-state index contributed by atoms with van der Waals surface area (Å²) in [6.07, 6.45) is 13.6. The molecule has 0 spiro atoms. The van der Waals surface area contributed by atoms with Crippen molar-refractivity contribution in [3.8, 4) is 0 Å². The fourth-order valence-corrected chi connectivity index (χ4v) is 2.58. The van der Waals surface area contributed by atoms with Crippen molar-refractivity contribution in [2.75, 3.05) is 6.61 Å². The van der Waals surface area contributed by atoms with Crippen LogP contribution in [0.2, 0.25) is 0 Å². The van der Waals surface area contributed by atoms with Crippen LogP contribution >= 0.6 is 0 Å². The molecule has 1 aliphatic heterocycles. The molecule has 1 heterocycles. The fraction of sp³-hybridized carbons (Fsp3) is 1.00. The van der Waals surface area contributed by atoms with Gasteiger partial charge in [-0.25, -0.2) is 0 Å². The second-order valence-corrected chi connectivity index (χ2v) is 5.42. The zero-order valence-corrected chi connectivity index (χ0v) is 11.5. The zero-order chi connectivity index (χ0) is 12.3. The van der Waals surface area contributed by atoms with Gasteiger partial charge in [0, 0.05) is 6.61 Å². The van der Waals surface area contributed by atoms with Gasteiger partial charge in [0.25, 0.3) is 0 Å². The Morgan fingerprint density at radius 1 is 1.12 bits per heavy atom. The summed E-state index contributed by atoms with van der Waals surface area (Å²) >= 11 is 0. The van der Waals surface area contributed by atoms with Crippen LogP contribution in [0.4, 0.5) is 0 Å². The first-order chi connectivity index (χ1) is 8.33. The van der Waals surface area contributed by atoms with Crippen LogP contribution in [0, 0.1) is 0 Å². The Hall–Kier alpha value is -0.0800. The van der Waals surface area contributed by atoms with Crippen molar-refractivity contribution in [3.63, 3.8) is 0 Å². The molecule has 0 radical (unpaired) electrons. The molecular weight excluding hydrogens is 212 g/mol. The van der Waals surface area contributed by atoms with E-state index in [-0.39, 0.29) is 6.10 Å². The first-order valence-electron chi connectivity index (χ1n) is 7.62. The van der Waals surface area contributed by atoms with Crippen molar-refractivity contribution >= 4 is 0 Å². The SMILES string of the molecule is CCCCCCCC(O)CCCC1CCCO1. The van der Waals surface area contributed by atoms with E-state index in [9.17, 15) is 5.11 Å². The number of aliphatic hydroxyl groups excluding tert-OH is 1. The van der Waals surface area contributed by atoms with Crippen molar-refractivity contribution in [2.45, 2.75) is 89.8 Å². The molecule has 0 aromatic carbocycles. The lowest BCUT2D eigenvalue weighted by Crippen LogP contribution is -2.09. The highest BCUT2D eigenvalue weighted by atomic mass is 16.5. The summed E-state index contributed by atoms with van der Waals surface area (Å²) in [5.74, 6) is 0. The van der Waals surface area contributed by atoms with Crippen LogP contribution in [-0.4, -0.2) is 23.9 Å². The lowest BCUT2D eigenvalue weighted by Gasteiger charge is -2.12. The molecule has 1 N–H and O–H groups in total. The largest absolute Gasteiger partial charge is 0.393 e. The second kappa shape index (κ2) is 9.90. The van der Waals surface area contributed by atoms with E-state index >= 15 is 0 Å². The summed E-state index contributed by atoms with van der Waals surface area (Å²) in [5.41, 5.74) is 0. The van der Waals surface area contributed by atoms with E-state index in [1.54, 1.807) is 0 Å². The van der Waals surface area contributed by atoms with Gasteiger partial charge in [0.15, 0.2) is 0 Å². The van der Waals surface area contributed by atoms with Gasteiger partial charge in [-0.3, -0.25) is 0 Å². The molecule has 2 heteroatoms. The molecule has 1 aliphatic rings. The molecule has 102 valence electrons. The van der Waals surface area contributed by atoms with Gasteiger partial charge in [0.05, 0.1) is 12.2 Å². The molecule has 1 saturated heterocycles. The van der Waals surface area contributed by atoms with E-state index in [1.165, 1.54) is 44.9 Å². The average Bonchev–Trinajstić information content (AvgIpc) is 2.82. The lowest BCUT2D eigenvalue weighted by molar-refractivity contribution is 0.0928.